The van der Waals surface area contributed by atoms with Crippen LogP contribution < -0.4 is 5.73 Å². The van der Waals surface area contributed by atoms with Gasteiger partial charge in [0.2, 0.25) is 5.95 Å². The minimum absolute atomic E-state index is 0.210. The maximum absolute atomic E-state index is 13.5. The van der Waals surface area contributed by atoms with Crippen LogP contribution in [0.5, 0.6) is 0 Å². The van der Waals surface area contributed by atoms with Gasteiger partial charge in [-0.3, -0.25) is 0 Å². The number of halogens is 1. The molecule has 0 radical (unpaired) electrons. The number of hydrogen-bond acceptors (Lipinski definition) is 5. The third-order valence-corrected chi connectivity index (χ3v) is 4.11. The molecule has 4 rings (SSSR count). The van der Waals surface area contributed by atoms with E-state index in [0.29, 0.717) is 5.65 Å². The molecule has 7 nitrogen and oxygen atoms in total. The molecule has 0 aliphatic carbocycles. The maximum Gasteiger partial charge on any atom is 0.238 e. The molecule has 4 aromatic rings. The molecule has 0 saturated carbocycles. The predicted octanol–water partition coefficient (Wildman–Crippen LogP) is 2.20. The zero-order valence-corrected chi connectivity index (χ0v) is 14.0. The summed E-state index contributed by atoms with van der Waals surface area (Å²) in [5, 5.41) is 4.14. The summed E-state index contributed by atoms with van der Waals surface area (Å²) < 4.78 is 17.0. The fourth-order valence-electron chi connectivity index (χ4n) is 2.83. The lowest BCUT2D eigenvalue weighted by molar-refractivity contribution is 0.405. The number of anilines is 1. The van der Waals surface area contributed by atoms with Gasteiger partial charge in [-0.25, -0.2) is 23.9 Å². The Hall–Kier alpha value is -2.60. The summed E-state index contributed by atoms with van der Waals surface area (Å²) in [6.07, 6.45) is 5.23. The molecule has 2 N–H and O–H groups in total. The molecule has 0 aromatic carbocycles. The van der Waals surface area contributed by atoms with Crippen molar-refractivity contribution in [1.82, 2.24) is 29.1 Å². The van der Waals surface area contributed by atoms with Crippen LogP contribution in [0.15, 0.2) is 30.7 Å². The average Bonchev–Trinajstić information content (AvgIpc) is 3.08. The average molecular weight is 343 g/mol. The number of alkyl halides is 1. The van der Waals surface area contributed by atoms with Crippen molar-refractivity contribution in [3.8, 4) is 11.1 Å². The predicted molar refractivity (Wildman–Crippen MR) is 93.3 cm³/mol. The van der Waals surface area contributed by atoms with Crippen LogP contribution in [0, 0.1) is 6.92 Å². The molecule has 0 bridgehead atoms. The third-order valence-electron chi connectivity index (χ3n) is 3.90. The summed E-state index contributed by atoms with van der Waals surface area (Å²) in [7, 11) is 2.16. The van der Waals surface area contributed by atoms with Crippen LogP contribution in [-0.2, 0) is 6.54 Å². The second kappa shape index (κ2) is 5.49. The minimum atomic E-state index is -1.04. The molecule has 4 aromatic heterocycles. The molecule has 0 saturated heterocycles. The second-order valence-electron chi connectivity index (χ2n) is 5.53. The van der Waals surface area contributed by atoms with E-state index in [4.69, 9.17) is 5.73 Å². The van der Waals surface area contributed by atoms with Gasteiger partial charge in [-0.1, -0.05) is 9.24 Å². The Morgan fingerprint density at radius 3 is 2.92 bits per heavy atom. The van der Waals surface area contributed by atoms with Gasteiger partial charge in [0.05, 0.1) is 23.8 Å². The van der Waals surface area contributed by atoms with Crippen molar-refractivity contribution in [1.29, 1.82) is 0 Å². The Labute approximate surface area is 138 Å². The van der Waals surface area contributed by atoms with Crippen molar-refractivity contribution in [2.75, 3.05) is 5.73 Å². The van der Waals surface area contributed by atoms with Crippen molar-refractivity contribution >= 4 is 31.9 Å². The largest absolute Gasteiger partial charge is 0.367 e. The topological polar surface area (TPSA) is 86.9 Å². The van der Waals surface area contributed by atoms with Crippen LogP contribution in [-0.4, -0.2) is 35.0 Å². The van der Waals surface area contributed by atoms with E-state index in [1.54, 1.807) is 16.9 Å². The van der Waals surface area contributed by atoms with Crippen LogP contribution in [0.2, 0.25) is 0 Å². The van der Waals surface area contributed by atoms with Crippen LogP contribution in [0.4, 0.5) is 10.3 Å². The van der Waals surface area contributed by atoms with Gasteiger partial charge in [0.15, 0.2) is 5.65 Å². The molecule has 0 spiro atoms. The minimum Gasteiger partial charge on any atom is -0.367 e. The highest BCUT2D eigenvalue weighted by Gasteiger charge is 2.14. The van der Waals surface area contributed by atoms with E-state index >= 15 is 0 Å². The van der Waals surface area contributed by atoms with Crippen molar-refractivity contribution in [3.05, 3.63) is 36.5 Å². The first kappa shape index (κ1) is 15.0. The molecule has 24 heavy (non-hydrogen) atoms. The third kappa shape index (κ3) is 2.39. The lowest BCUT2D eigenvalue weighted by Gasteiger charge is -2.08. The zero-order valence-electron chi connectivity index (χ0n) is 12.9. The highest BCUT2D eigenvalue weighted by molar-refractivity contribution is 7.17. The number of imidazole rings is 1. The van der Waals surface area contributed by atoms with Crippen LogP contribution in [0.3, 0.4) is 0 Å². The van der Waals surface area contributed by atoms with Gasteiger partial charge in [-0.15, -0.1) is 5.10 Å². The second-order valence-corrected chi connectivity index (χ2v) is 6.25. The smallest absolute Gasteiger partial charge is 0.238 e. The van der Waals surface area contributed by atoms with Crippen molar-refractivity contribution in [2.24, 2.45) is 0 Å². The fourth-order valence-corrected chi connectivity index (χ4v) is 3.04. The number of aryl methyl sites for hydroxylation is 1. The molecule has 9 heteroatoms. The van der Waals surface area contributed by atoms with Crippen molar-refractivity contribution in [3.63, 3.8) is 0 Å². The molecule has 2 atom stereocenters. The van der Waals surface area contributed by atoms with Gasteiger partial charge >= 0.3 is 0 Å². The highest BCUT2D eigenvalue weighted by atomic mass is 31.0. The number of aromatic nitrogens is 6. The SMILES string of the molecule is Cc1nc2ncc(-c3ccn4nc(N)ncc34)cc2n1CC(F)P. The van der Waals surface area contributed by atoms with E-state index in [9.17, 15) is 4.39 Å². The van der Waals surface area contributed by atoms with Gasteiger partial charge in [0.25, 0.3) is 0 Å². The summed E-state index contributed by atoms with van der Waals surface area (Å²) in [5.41, 5.74) is 9.65. The van der Waals surface area contributed by atoms with Crippen LogP contribution >= 0.6 is 9.24 Å². The standard InChI is InChI=1S/C15H15FN7P/c1-8-20-14-11(22(8)7-13(16)24)4-9(5-18-14)10-2-3-23-12(10)6-19-15(17)21-23/h2-6,13H,7,24H2,1H3,(H2,17,21). The first-order chi connectivity index (χ1) is 11.5. The Kier molecular flexibility index (Phi) is 3.42. The summed E-state index contributed by atoms with van der Waals surface area (Å²) in [4.78, 5) is 12.9. The molecule has 2 unspecified atom stereocenters. The van der Waals surface area contributed by atoms with E-state index in [-0.39, 0.29) is 12.5 Å². The van der Waals surface area contributed by atoms with Gasteiger partial charge < -0.3 is 10.3 Å². The Balaban J connectivity index is 1.90. The molecule has 122 valence electrons. The number of nitrogen functional groups attached to an aromatic ring is 1. The lowest BCUT2D eigenvalue weighted by Crippen LogP contribution is -2.06. The summed E-state index contributed by atoms with van der Waals surface area (Å²) in [5.74, 6) is -0.101. The van der Waals surface area contributed by atoms with E-state index < -0.39 is 5.91 Å². The molecular formula is C15H15FN7P. The first-order valence-electron chi connectivity index (χ1n) is 7.35. The van der Waals surface area contributed by atoms with Crippen molar-refractivity contribution < 1.29 is 4.39 Å². The quantitative estimate of drug-likeness (QED) is 0.576. The number of nitrogens with two attached hydrogens (primary N) is 1. The lowest BCUT2D eigenvalue weighted by atomic mass is 10.1. The number of hydrogen-bond donors (Lipinski definition) is 1. The van der Waals surface area contributed by atoms with Crippen molar-refractivity contribution in [2.45, 2.75) is 19.4 Å². The van der Waals surface area contributed by atoms with E-state index in [0.717, 1.165) is 28.0 Å². The first-order valence-corrected chi connectivity index (χ1v) is 8.02. The summed E-state index contributed by atoms with van der Waals surface area (Å²) in [6.45, 7) is 2.06. The number of fused-ring (bicyclic) bond motifs is 2. The van der Waals surface area contributed by atoms with Gasteiger partial charge in [-0.2, -0.15) is 0 Å². The van der Waals surface area contributed by atoms with E-state index in [2.05, 4.69) is 29.3 Å². The Bertz CT molecular complexity index is 1050. The molecule has 0 aliphatic heterocycles. The summed E-state index contributed by atoms with van der Waals surface area (Å²) in [6, 6.07) is 3.88. The highest BCUT2D eigenvalue weighted by Crippen LogP contribution is 2.28. The number of pyridine rings is 1. The zero-order chi connectivity index (χ0) is 16.8. The number of rotatable bonds is 3. The monoisotopic (exact) mass is 343 g/mol. The van der Waals surface area contributed by atoms with Gasteiger partial charge in [0, 0.05) is 23.5 Å². The normalized spacial score (nSPS) is 13.0. The maximum atomic E-state index is 13.5. The summed E-state index contributed by atoms with van der Waals surface area (Å²) >= 11 is 0. The van der Waals surface area contributed by atoms with Crippen LogP contribution in [0.1, 0.15) is 5.82 Å². The fraction of sp³-hybridized carbons (Fsp3) is 0.200. The van der Waals surface area contributed by atoms with Gasteiger partial charge in [-0.05, 0) is 19.1 Å². The number of nitrogens with zero attached hydrogens (tertiary/aromatic N) is 6. The molecule has 0 amide bonds. The Morgan fingerprint density at radius 2 is 2.12 bits per heavy atom. The van der Waals surface area contributed by atoms with E-state index in [1.165, 1.54) is 0 Å². The molecule has 0 aliphatic rings. The molecule has 4 heterocycles. The molecular weight excluding hydrogens is 328 g/mol. The molecule has 0 fully saturated rings. The van der Waals surface area contributed by atoms with Crippen LogP contribution in [0.25, 0.3) is 27.8 Å². The Morgan fingerprint density at radius 1 is 1.29 bits per heavy atom. The van der Waals surface area contributed by atoms with E-state index in [1.807, 2.05) is 29.8 Å². The van der Waals surface area contributed by atoms with Gasteiger partial charge in [0.1, 0.15) is 11.7 Å².